The van der Waals surface area contributed by atoms with E-state index in [1.165, 1.54) is 64.2 Å². The van der Waals surface area contributed by atoms with Gasteiger partial charge in [0.05, 0.1) is 19.8 Å². The first-order valence-corrected chi connectivity index (χ1v) is 26.1. The predicted molar refractivity (Wildman–Crippen MR) is 257 cm³/mol. The highest BCUT2D eigenvalue weighted by Crippen LogP contribution is 2.26. The zero-order chi connectivity index (χ0) is 48.9. The molecule has 67 heavy (non-hydrogen) atoms. The molecule has 11 atom stereocenters. The van der Waals surface area contributed by atoms with Gasteiger partial charge in [-0.3, -0.25) is 9.59 Å². The Morgan fingerprint density at radius 2 is 0.896 bits per heavy atom. The van der Waals surface area contributed by atoms with Crippen molar-refractivity contribution >= 4 is 11.9 Å². The molecular weight excluding hydrogens is 865 g/mol. The van der Waals surface area contributed by atoms with Crippen LogP contribution in [0.4, 0.5) is 0 Å². The van der Waals surface area contributed by atoms with E-state index >= 15 is 0 Å². The summed E-state index contributed by atoms with van der Waals surface area (Å²) < 4.78 is 33.6. The van der Waals surface area contributed by atoms with Crippen LogP contribution in [0.5, 0.6) is 0 Å². The zero-order valence-electron chi connectivity index (χ0n) is 41.1. The number of unbranched alkanes of at least 4 members (excludes halogenated alkanes) is 20. The van der Waals surface area contributed by atoms with Crippen molar-refractivity contribution in [2.75, 3.05) is 26.4 Å². The van der Waals surface area contributed by atoms with Crippen LogP contribution in [-0.4, -0.2) is 142 Å². The number of hydrogen-bond acceptors (Lipinski definition) is 15. The van der Waals surface area contributed by atoms with E-state index in [-0.39, 0.29) is 26.1 Å². The van der Waals surface area contributed by atoms with Crippen LogP contribution in [0.1, 0.15) is 187 Å². The number of aliphatic hydroxyl groups is 7. The van der Waals surface area contributed by atoms with Crippen LogP contribution in [0, 0.1) is 0 Å². The third-order valence-corrected chi connectivity index (χ3v) is 12.3. The molecule has 0 aromatic heterocycles. The quantitative estimate of drug-likeness (QED) is 0.0181. The summed E-state index contributed by atoms with van der Waals surface area (Å²) in [5, 5.41) is 72.1. The molecule has 2 fully saturated rings. The normalized spacial score (nSPS) is 26.2. The van der Waals surface area contributed by atoms with Gasteiger partial charge in [-0.2, -0.15) is 0 Å². The van der Waals surface area contributed by atoms with Crippen molar-refractivity contribution in [3.8, 4) is 0 Å². The summed E-state index contributed by atoms with van der Waals surface area (Å²) in [6, 6.07) is 0. The molecule has 15 nitrogen and oxygen atoms in total. The Bertz CT molecular complexity index is 1310. The van der Waals surface area contributed by atoms with E-state index in [4.69, 9.17) is 28.4 Å². The Morgan fingerprint density at radius 3 is 1.42 bits per heavy atom. The van der Waals surface area contributed by atoms with Crippen molar-refractivity contribution in [3.63, 3.8) is 0 Å². The molecule has 0 saturated carbocycles. The van der Waals surface area contributed by atoms with Gasteiger partial charge in [0, 0.05) is 12.8 Å². The maximum Gasteiger partial charge on any atom is 0.306 e. The second-order valence-corrected chi connectivity index (χ2v) is 18.3. The summed E-state index contributed by atoms with van der Waals surface area (Å²) in [6.07, 6.45) is 24.5. The van der Waals surface area contributed by atoms with Gasteiger partial charge >= 0.3 is 11.9 Å². The van der Waals surface area contributed by atoms with Crippen molar-refractivity contribution in [2.24, 2.45) is 0 Å². The molecule has 7 N–H and O–H groups in total. The molecule has 2 heterocycles. The highest BCUT2D eigenvalue weighted by molar-refractivity contribution is 5.70. The number of hydrogen-bond donors (Lipinski definition) is 7. The van der Waals surface area contributed by atoms with E-state index in [0.29, 0.717) is 12.8 Å². The fourth-order valence-electron chi connectivity index (χ4n) is 8.01. The number of ether oxygens (including phenoxy) is 6. The van der Waals surface area contributed by atoms with Crippen molar-refractivity contribution in [1.29, 1.82) is 0 Å². The lowest BCUT2D eigenvalue weighted by atomic mass is 9.98. The van der Waals surface area contributed by atoms with Gasteiger partial charge in [0.2, 0.25) is 0 Å². The van der Waals surface area contributed by atoms with E-state index < -0.39 is 92.7 Å². The van der Waals surface area contributed by atoms with Gasteiger partial charge in [0.1, 0.15) is 55.4 Å². The first-order valence-electron chi connectivity index (χ1n) is 26.1. The van der Waals surface area contributed by atoms with Crippen LogP contribution in [0.15, 0.2) is 36.5 Å². The van der Waals surface area contributed by atoms with Crippen LogP contribution in [-0.2, 0) is 38.0 Å². The molecular formula is C52H92O15. The Balaban J connectivity index is 1.82. The van der Waals surface area contributed by atoms with Crippen LogP contribution in [0.3, 0.4) is 0 Å². The van der Waals surface area contributed by atoms with Gasteiger partial charge < -0.3 is 64.2 Å². The number of esters is 2. The second kappa shape index (κ2) is 39.4. The Hall–Kier alpha value is -2.28. The Morgan fingerprint density at radius 1 is 0.478 bits per heavy atom. The van der Waals surface area contributed by atoms with Gasteiger partial charge in [-0.15, -0.1) is 0 Å². The van der Waals surface area contributed by atoms with Gasteiger partial charge in [-0.1, -0.05) is 140 Å². The maximum absolute atomic E-state index is 13.0. The highest BCUT2D eigenvalue weighted by atomic mass is 16.7. The van der Waals surface area contributed by atoms with Crippen molar-refractivity contribution < 1.29 is 73.8 Å². The number of aliphatic hydroxyl groups excluding tert-OH is 7. The van der Waals surface area contributed by atoms with E-state index in [0.717, 1.165) is 83.5 Å². The summed E-state index contributed by atoms with van der Waals surface area (Å²) in [5.41, 5.74) is 0. The lowest BCUT2D eigenvalue weighted by Gasteiger charge is -2.42. The SMILES string of the molecule is CCCCCC/C=C\C/C=C\CCCCCCCC(=O)OC(COC(=O)CCCCCCC/C=C\CCCCCCCC)COC1OC(COC2OC(CO)C(O)C(O)C2O)C(O)C(O)C1O. The van der Waals surface area contributed by atoms with Gasteiger partial charge in [0.25, 0.3) is 0 Å². The van der Waals surface area contributed by atoms with Gasteiger partial charge in [-0.05, 0) is 70.6 Å². The first-order chi connectivity index (χ1) is 32.5. The van der Waals surface area contributed by atoms with Crippen molar-refractivity contribution in [3.05, 3.63) is 36.5 Å². The molecule has 11 unspecified atom stereocenters. The minimum Gasteiger partial charge on any atom is -0.462 e. The molecule has 0 bridgehead atoms. The molecule has 2 saturated heterocycles. The fourth-order valence-corrected chi connectivity index (χ4v) is 8.01. The summed E-state index contributed by atoms with van der Waals surface area (Å²) in [7, 11) is 0. The molecule has 0 amide bonds. The van der Waals surface area contributed by atoms with Crippen LogP contribution in [0.2, 0.25) is 0 Å². The number of carbonyl (C=O) groups is 2. The van der Waals surface area contributed by atoms with E-state index in [1.807, 2.05) is 0 Å². The van der Waals surface area contributed by atoms with Crippen LogP contribution >= 0.6 is 0 Å². The Kier molecular flexibility index (Phi) is 35.8. The van der Waals surface area contributed by atoms with Crippen LogP contribution < -0.4 is 0 Å². The molecule has 2 aliphatic rings. The minimum absolute atomic E-state index is 0.148. The number of allylic oxidation sites excluding steroid dienone is 6. The zero-order valence-corrected chi connectivity index (χ0v) is 41.1. The molecule has 2 rings (SSSR count). The van der Waals surface area contributed by atoms with E-state index in [2.05, 4.69) is 50.3 Å². The monoisotopic (exact) mass is 957 g/mol. The fraction of sp³-hybridized carbons (Fsp3) is 0.846. The molecule has 0 aromatic rings. The molecule has 15 heteroatoms. The second-order valence-electron chi connectivity index (χ2n) is 18.3. The smallest absolute Gasteiger partial charge is 0.306 e. The molecule has 0 aromatic carbocycles. The molecule has 2 aliphatic heterocycles. The first kappa shape index (κ1) is 60.8. The summed E-state index contributed by atoms with van der Waals surface area (Å²) >= 11 is 0. The molecule has 0 aliphatic carbocycles. The van der Waals surface area contributed by atoms with Crippen LogP contribution in [0.25, 0.3) is 0 Å². The average molecular weight is 957 g/mol. The summed E-state index contributed by atoms with van der Waals surface area (Å²) in [4.78, 5) is 25.8. The average Bonchev–Trinajstić information content (AvgIpc) is 3.32. The largest absolute Gasteiger partial charge is 0.462 e. The van der Waals surface area contributed by atoms with E-state index in [1.54, 1.807) is 0 Å². The van der Waals surface area contributed by atoms with Gasteiger partial charge in [0.15, 0.2) is 18.7 Å². The topological polar surface area (TPSA) is 231 Å². The third-order valence-electron chi connectivity index (χ3n) is 12.3. The lowest BCUT2D eigenvalue weighted by molar-refractivity contribution is -0.332. The lowest BCUT2D eigenvalue weighted by Crippen LogP contribution is -2.61. The summed E-state index contributed by atoms with van der Waals surface area (Å²) in [6.45, 7) is 2.55. The van der Waals surface area contributed by atoms with Crippen molar-refractivity contribution in [1.82, 2.24) is 0 Å². The molecule has 390 valence electrons. The highest BCUT2D eigenvalue weighted by Gasteiger charge is 2.47. The van der Waals surface area contributed by atoms with E-state index in [9.17, 15) is 45.3 Å². The predicted octanol–water partition coefficient (Wildman–Crippen LogP) is 7.32. The van der Waals surface area contributed by atoms with Gasteiger partial charge in [-0.25, -0.2) is 0 Å². The third kappa shape index (κ3) is 27.6. The number of rotatable bonds is 40. The Labute approximate surface area is 402 Å². The molecule has 0 spiro atoms. The van der Waals surface area contributed by atoms with Crippen molar-refractivity contribution in [2.45, 2.75) is 255 Å². The minimum atomic E-state index is -1.77. The number of carbonyl (C=O) groups excluding carboxylic acids is 2. The standard InChI is InChI=1S/C52H92O15/c1-3-5-7-9-11-13-15-17-19-21-23-25-27-29-31-33-35-44(55)65-40(37-62-43(54)34-32-30-28-26-24-22-20-18-16-14-12-10-8-6-4-2)38-63-51-50(61)48(59)46(57)42(67-51)39-64-52-49(60)47(58)45(56)41(36-53)66-52/h13,15,18-21,40-42,45-53,56-61H,3-12,14,16-17,22-39H2,1-2H3/b15-13-,20-18-,21-19-. The summed E-state index contributed by atoms with van der Waals surface area (Å²) in [5.74, 6) is -0.949. The maximum atomic E-state index is 13.0. The molecule has 0 radical (unpaired) electrons.